The molecule has 0 atom stereocenters. The summed E-state index contributed by atoms with van der Waals surface area (Å²) in [6.07, 6.45) is 2.46. The van der Waals surface area contributed by atoms with Crippen LogP contribution in [0.3, 0.4) is 0 Å². The van der Waals surface area contributed by atoms with Crippen LogP contribution in [0, 0.1) is 5.82 Å². The highest BCUT2D eigenvalue weighted by Crippen LogP contribution is 2.17. The molecule has 0 aliphatic heterocycles. The lowest BCUT2D eigenvalue weighted by Gasteiger charge is -2.04. The van der Waals surface area contributed by atoms with E-state index in [-0.39, 0.29) is 17.2 Å². The molecule has 0 N–H and O–H groups in total. The summed E-state index contributed by atoms with van der Waals surface area (Å²) in [5.74, 6) is -0.0908. The summed E-state index contributed by atoms with van der Waals surface area (Å²) in [6, 6.07) is 3.94. The van der Waals surface area contributed by atoms with Gasteiger partial charge in [-0.25, -0.2) is 14.1 Å². The minimum Gasteiger partial charge on any atom is -0.294 e. The highest BCUT2D eigenvalue weighted by Gasteiger charge is 2.13. The molecule has 1 aromatic carbocycles. The molecule has 2 aromatic rings. The van der Waals surface area contributed by atoms with Gasteiger partial charge in [0.05, 0.1) is 11.4 Å². The van der Waals surface area contributed by atoms with Crippen molar-refractivity contribution in [3.8, 4) is 0 Å². The van der Waals surface area contributed by atoms with Gasteiger partial charge in [-0.1, -0.05) is 18.5 Å². The fourth-order valence-electron chi connectivity index (χ4n) is 1.74. The van der Waals surface area contributed by atoms with Gasteiger partial charge in [0.25, 0.3) is 0 Å². The van der Waals surface area contributed by atoms with Gasteiger partial charge in [-0.15, -0.1) is 0 Å². The summed E-state index contributed by atoms with van der Waals surface area (Å²) < 4.78 is 14.7. The van der Waals surface area contributed by atoms with Crippen molar-refractivity contribution in [2.45, 2.75) is 26.3 Å². The van der Waals surface area contributed by atoms with E-state index >= 15 is 0 Å². The number of hydrogen-bond donors (Lipinski definition) is 0. The molecule has 4 nitrogen and oxygen atoms in total. The summed E-state index contributed by atoms with van der Waals surface area (Å²) in [6.45, 7) is 2.74. The van der Waals surface area contributed by atoms with Crippen LogP contribution < -0.4 is 0 Å². The third-order valence-electron chi connectivity index (χ3n) is 2.69. The predicted molar refractivity (Wildman–Crippen MR) is 69.8 cm³/mol. The van der Waals surface area contributed by atoms with E-state index in [4.69, 9.17) is 11.6 Å². The Morgan fingerprint density at radius 1 is 1.47 bits per heavy atom. The number of benzene rings is 1. The van der Waals surface area contributed by atoms with Gasteiger partial charge in [-0.3, -0.25) is 4.79 Å². The first-order valence-electron chi connectivity index (χ1n) is 5.96. The number of carbonyl (C=O) groups excluding carboxylic acids is 1. The molecular formula is C13H13ClFN3O. The normalized spacial score (nSPS) is 10.7. The molecule has 0 spiro atoms. The third kappa shape index (κ3) is 3.17. The fourth-order valence-corrected chi connectivity index (χ4v) is 1.92. The van der Waals surface area contributed by atoms with Crippen LogP contribution in [0.15, 0.2) is 24.5 Å². The van der Waals surface area contributed by atoms with Gasteiger partial charge in [0.1, 0.15) is 18.0 Å². The van der Waals surface area contributed by atoms with E-state index in [1.54, 1.807) is 4.68 Å². The Hall–Kier alpha value is -1.75. The lowest BCUT2D eigenvalue weighted by Crippen LogP contribution is -2.11. The van der Waals surface area contributed by atoms with Crippen molar-refractivity contribution in [3.63, 3.8) is 0 Å². The van der Waals surface area contributed by atoms with Crippen LogP contribution in [0.4, 0.5) is 4.39 Å². The molecule has 0 unspecified atom stereocenters. The maximum Gasteiger partial charge on any atom is 0.170 e. The van der Waals surface area contributed by atoms with Crippen molar-refractivity contribution in [3.05, 3.63) is 46.8 Å². The highest BCUT2D eigenvalue weighted by atomic mass is 35.5. The molecular weight excluding hydrogens is 269 g/mol. The van der Waals surface area contributed by atoms with Crippen LogP contribution in [0.2, 0.25) is 5.02 Å². The Kier molecular flexibility index (Phi) is 4.27. The van der Waals surface area contributed by atoms with Crippen molar-refractivity contribution >= 4 is 17.4 Å². The first-order valence-corrected chi connectivity index (χ1v) is 6.34. The van der Waals surface area contributed by atoms with Crippen molar-refractivity contribution < 1.29 is 9.18 Å². The second kappa shape index (κ2) is 5.93. The minimum atomic E-state index is -0.535. The summed E-state index contributed by atoms with van der Waals surface area (Å²) >= 11 is 5.66. The number of rotatable bonds is 5. The quantitative estimate of drug-likeness (QED) is 0.792. The number of Topliss-reactive ketones (excluding diaryl/α,β-unsaturated/α-hetero) is 1. The smallest absolute Gasteiger partial charge is 0.170 e. The van der Waals surface area contributed by atoms with Crippen LogP contribution in [-0.4, -0.2) is 20.5 Å². The van der Waals surface area contributed by atoms with E-state index in [2.05, 4.69) is 10.1 Å². The van der Waals surface area contributed by atoms with Crippen LogP contribution in [-0.2, 0) is 13.0 Å². The monoisotopic (exact) mass is 281 g/mol. The first-order chi connectivity index (χ1) is 9.11. The van der Waals surface area contributed by atoms with Gasteiger partial charge < -0.3 is 0 Å². The van der Waals surface area contributed by atoms with Crippen molar-refractivity contribution in [2.24, 2.45) is 0 Å². The van der Waals surface area contributed by atoms with E-state index < -0.39 is 5.82 Å². The number of carbonyl (C=O) groups is 1. The van der Waals surface area contributed by atoms with Gasteiger partial charge in [0, 0.05) is 12.1 Å². The van der Waals surface area contributed by atoms with Crippen molar-refractivity contribution in [1.82, 2.24) is 14.8 Å². The Morgan fingerprint density at radius 3 is 2.95 bits per heavy atom. The maximum absolute atomic E-state index is 13.0. The maximum atomic E-state index is 13.0. The number of hydrogen-bond acceptors (Lipinski definition) is 3. The standard InChI is InChI=1S/C13H13ClFN3O/c1-2-5-18-13(16-8-17-18)7-12(19)9-3-4-11(15)10(14)6-9/h3-4,6,8H,2,5,7H2,1H3. The zero-order valence-electron chi connectivity index (χ0n) is 10.4. The summed E-state index contributed by atoms with van der Waals surface area (Å²) in [5, 5.41) is 4.00. The van der Waals surface area contributed by atoms with Crippen LogP contribution >= 0.6 is 11.6 Å². The molecule has 19 heavy (non-hydrogen) atoms. The molecule has 2 rings (SSSR count). The fraction of sp³-hybridized carbons (Fsp3) is 0.308. The zero-order chi connectivity index (χ0) is 13.8. The van der Waals surface area contributed by atoms with Gasteiger partial charge in [-0.2, -0.15) is 5.10 Å². The molecule has 0 bridgehead atoms. The molecule has 0 saturated heterocycles. The average molecular weight is 282 g/mol. The summed E-state index contributed by atoms with van der Waals surface area (Å²) in [5.41, 5.74) is 0.373. The van der Waals surface area contributed by atoms with Gasteiger partial charge >= 0.3 is 0 Å². The lowest BCUT2D eigenvalue weighted by atomic mass is 10.1. The molecule has 6 heteroatoms. The first kappa shape index (κ1) is 13.7. The second-order valence-electron chi connectivity index (χ2n) is 4.13. The topological polar surface area (TPSA) is 47.8 Å². The van der Waals surface area contributed by atoms with E-state index in [9.17, 15) is 9.18 Å². The molecule has 1 heterocycles. The third-order valence-corrected chi connectivity index (χ3v) is 2.98. The number of aryl methyl sites for hydroxylation is 1. The number of halogens is 2. The number of ketones is 1. The Balaban J connectivity index is 2.16. The van der Waals surface area contributed by atoms with E-state index in [1.165, 1.54) is 24.5 Å². The van der Waals surface area contributed by atoms with Crippen molar-refractivity contribution in [1.29, 1.82) is 0 Å². The highest BCUT2D eigenvalue weighted by molar-refractivity contribution is 6.31. The Bertz CT molecular complexity index is 597. The lowest BCUT2D eigenvalue weighted by molar-refractivity contribution is 0.0989. The van der Waals surface area contributed by atoms with Crippen LogP contribution in [0.5, 0.6) is 0 Å². The van der Waals surface area contributed by atoms with E-state index in [0.29, 0.717) is 17.9 Å². The molecule has 0 aliphatic carbocycles. The second-order valence-corrected chi connectivity index (χ2v) is 4.54. The minimum absolute atomic E-state index is 0.0547. The average Bonchev–Trinajstić information content (AvgIpc) is 2.80. The van der Waals surface area contributed by atoms with Crippen LogP contribution in [0.1, 0.15) is 29.5 Å². The molecule has 0 saturated carbocycles. The molecule has 0 radical (unpaired) electrons. The molecule has 100 valence electrons. The Morgan fingerprint density at radius 2 is 2.26 bits per heavy atom. The van der Waals surface area contributed by atoms with Gasteiger partial charge in [-0.05, 0) is 24.6 Å². The van der Waals surface area contributed by atoms with Crippen molar-refractivity contribution in [2.75, 3.05) is 0 Å². The number of nitrogens with zero attached hydrogens (tertiary/aromatic N) is 3. The number of aromatic nitrogens is 3. The molecule has 0 amide bonds. The van der Waals surface area contributed by atoms with Crippen LogP contribution in [0.25, 0.3) is 0 Å². The Labute approximate surface area is 115 Å². The molecule has 1 aromatic heterocycles. The van der Waals surface area contributed by atoms with Gasteiger partial charge in [0.15, 0.2) is 5.78 Å². The predicted octanol–water partition coefficient (Wildman–Crippen LogP) is 2.91. The van der Waals surface area contributed by atoms with Gasteiger partial charge in [0.2, 0.25) is 0 Å². The largest absolute Gasteiger partial charge is 0.294 e. The molecule has 0 fully saturated rings. The zero-order valence-corrected chi connectivity index (χ0v) is 11.2. The molecule has 0 aliphatic rings. The van der Waals surface area contributed by atoms with E-state index in [0.717, 1.165) is 6.42 Å². The SMILES string of the molecule is CCCn1ncnc1CC(=O)c1ccc(F)c(Cl)c1. The summed E-state index contributed by atoms with van der Waals surface area (Å²) in [7, 11) is 0. The summed E-state index contributed by atoms with van der Waals surface area (Å²) in [4.78, 5) is 16.1. The van der Waals surface area contributed by atoms with E-state index in [1.807, 2.05) is 6.92 Å².